The molecule has 0 saturated heterocycles. The third-order valence-corrected chi connectivity index (χ3v) is 4.37. The van der Waals surface area contributed by atoms with Crippen LogP contribution in [-0.4, -0.2) is 28.3 Å². The van der Waals surface area contributed by atoms with Crippen LogP contribution in [0.5, 0.6) is 0 Å². The number of nitrogens with zero attached hydrogens (tertiary/aromatic N) is 1. The van der Waals surface area contributed by atoms with Crippen LogP contribution in [-0.2, 0) is 0 Å². The summed E-state index contributed by atoms with van der Waals surface area (Å²) >= 11 is 0.980. The number of hydrogen-bond donors (Lipinski definition) is 3. The fourth-order valence-electron chi connectivity index (χ4n) is 2.45. The Hall–Kier alpha value is -1.63. The Morgan fingerprint density at radius 3 is 2.52 bits per heavy atom. The molecular formula is C14H22N4O2S. The first-order chi connectivity index (χ1) is 9.99. The summed E-state index contributed by atoms with van der Waals surface area (Å²) < 4.78 is 4.03. The van der Waals surface area contributed by atoms with E-state index in [4.69, 9.17) is 5.73 Å². The molecular weight excluding hydrogens is 288 g/mol. The van der Waals surface area contributed by atoms with Crippen molar-refractivity contribution in [2.75, 3.05) is 5.73 Å². The van der Waals surface area contributed by atoms with Gasteiger partial charge in [-0.15, -0.1) is 0 Å². The first kappa shape index (κ1) is 15.8. The van der Waals surface area contributed by atoms with Gasteiger partial charge in [0.05, 0.1) is 5.69 Å². The van der Waals surface area contributed by atoms with Crippen LogP contribution in [0.3, 0.4) is 0 Å². The number of nitrogen functional groups attached to an aromatic ring is 1. The molecule has 0 radical (unpaired) electrons. The topological polar surface area (TPSA) is 97.1 Å². The molecule has 1 aromatic rings. The highest BCUT2D eigenvalue weighted by molar-refractivity contribution is 7.09. The van der Waals surface area contributed by atoms with E-state index in [1.807, 2.05) is 13.8 Å². The minimum absolute atomic E-state index is 0.00175. The van der Waals surface area contributed by atoms with Crippen LogP contribution in [0.2, 0.25) is 0 Å². The number of amides is 2. The van der Waals surface area contributed by atoms with Gasteiger partial charge in [-0.1, -0.05) is 19.3 Å². The van der Waals surface area contributed by atoms with Crippen molar-refractivity contribution in [1.29, 1.82) is 0 Å². The quantitative estimate of drug-likeness (QED) is 0.791. The zero-order valence-electron chi connectivity index (χ0n) is 12.4. The van der Waals surface area contributed by atoms with Gasteiger partial charge in [-0.2, -0.15) is 4.37 Å². The van der Waals surface area contributed by atoms with Crippen LogP contribution in [0, 0.1) is 0 Å². The molecule has 0 spiro atoms. The number of aromatic nitrogens is 1. The molecule has 1 aromatic heterocycles. The van der Waals surface area contributed by atoms with Gasteiger partial charge in [-0.05, 0) is 38.2 Å². The van der Waals surface area contributed by atoms with Crippen LogP contribution < -0.4 is 16.4 Å². The van der Waals surface area contributed by atoms with E-state index in [1.54, 1.807) is 0 Å². The van der Waals surface area contributed by atoms with Gasteiger partial charge >= 0.3 is 0 Å². The molecule has 7 heteroatoms. The van der Waals surface area contributed by atoms with Gasteiger partial charge < -0.3 is 16.4 Å². The normalized spacial score (nSPS) is 16.0. The SMILES string of the molecule is CC(C)NC(=O)c1nsc(C(=O)NC2CCCCC2)c1N. The molecule has 0 unspecified atom stereocenters. The lowest BCUT2D eigenvalue weighted by atomic mass is 9.95. The number of carbonyl (C=O) groups excluding carboxylic acids is 2. The average Bonchev–Trinajstić information content (AvgIpc) is 2.81. The Balaban J connectivity index is 2.04. The summed E-state index contributed by atoms with van der Waals surface area (Å²) in [6.07, 6.45) is 5.53. The minimum atomic E-state index is -0.338. The maximum absolute atomic E-state index is 12.2. The first-order valence-electron chi connectivity index (χ1n) is 7.36. The van der Waals surface area contributed by atoms with E-state index < -0.39 is 0 Å². The third-order valence-electron chi connectivity index (χ3n) is 3.51. The van der Waals surface area contributed by atoms with Crippen LogP contribution >= 0.6 is 11.5 Å². The molecule has 0 aromatic carbocycles. The van der Waals surface area contributed by atoms with Gasteiger partial charge in [-0.3, -0.25) is 9.59 Å². The van der Waals surface area contributed by atoms with Crippen molar-refractivity contribution in [3.05, 3.63) is 10.6 Å². The van der Waals surface area contributed by atoms with Crippen molar-refractivity contribution in [1.82, 2.24) is 15.0 Å². The lowest BCUT2D eigenvalue weighted by Gasteiger charge is -2.22. The number of carbonyl (C=O) groups is 2. The van der Waals surface area contributed by atoms with Gasteiger partial charge in [0.1, 0.15) is 4.88 Å². The molecule has 6 nitrogen and oxygen atoms in total. The highest BCUT2D eigenvalue weighted by Gasteiger charge is 2.24. The van der Waals surface area contributed by atoms with Gasteiger partial charge in [0.15, 0.2) is 5.69 Å². The van der Waals surface area contributed by atoms with Crippen LogP contribution in [0.25, 0.3) is 0 Å². The fraction of sp³-hybridized carbons (Fsp3) is 0.643. The maximum atomic E-state index is 12.2. The molecule has 2 rings (SSSR count). The van der Waals surface area contributed by atoms with Crippen molar-refractivity contribution in [2.45, 2.75) is 58.0 Å². The maximum Gasteiger partial charge on any atom is 0.273 e. The summed E-state index contributed by atoms with van der Waals surface area (Å²) in [5.74, 6) is -0.559. The van der Waals surface area contributed by atoms with Crippen molar-refractivity contribution >= 4 is 29.0 Å². The van der Waals surface area contributed by atoms with Gasteiger partial charge in [0.25, 0.3) is 11.8 Å². The second-order valence-corrected chi connectivity index (χ2v) is 6.48. The Labute approximate surface area is 128 Å². The van der Waals surface area contributed by atoms with E-state index in [1.165, 1.54) is 6.42 Å². The zero-order valence-corrected chi connectivity index (χ0v) is 13.3. The second-order valence-electron chi connectivity index (χ2n) is 5.71. The molecule has 0 bridgehead atoms. The van der Waals surface area contributed by atoms with Crippen molar-refractivity contribution in [3.8, 4) is 0 Å². The number of nitrogens with two attached hydrogens (primary N) is 1. The van der Waals surface area contributed by atoms with E-state index in [0.29, 0.717) is 4.88 Å². The van der Waals surface area contributed by atoms with Crippen molar-refractivity contribution in [2.24, 2.45) is 0 Å². The van der Waals surface area contributed by atoms with Crippen molar-refractivity contribution < 1.29 is 9.59 Å². The highest BCUT2D eigenvalue weighted by Crippen LogP contribution is 2.23. The van der Waals surface area contributed by atoms with E-state index in [9.17, 15) is 9.59 Å². The Morgan fingerprint density at radius 1 is 1.24 bits per heavy atom. The summed E-state index contributed by atoms with van der Waals surface area (Å²) in [6.45, 7) is 3.72. The summed E-state index contributed by atoms with van der Waals surface area (Å²) in [6, 6.07) is 0.207. The minimum Gasteiger partial charge on any atom is -0.395 e. The fourth-order valence-corrected chi connectivity index (χ4v) is 3.15. The van der Waals surface area contributed by atoms with Crippen LogP contribution in [0.1, 0.15) is 66.1 Å². The lowest BCUT2D eigenvalue weighted by Crippen LogP contribution is -2.36. The first-order valence-corrected chi connectivity index (χ1v) is 8.13. The van der Waals surface area contributed by atoms with E-state index in [0.717, 1.165) is 37.2 Å². The number of rotatable bonds is 4. The van der Waals surface area contributed by atoms with E-state index >= 15 is 0 Å². The number of anilines is 1. The Bertz CT molecular complexity index is 521. The smallest absolute Gasteiger partial charge is 0.273 e. The van der Waals surface area contributed by atoms with Crippen molar-refractivity contribution in [3.63, 3.8) is 0 Å². The predicted octanol–water partition coefficient (Wildman–Crippen LogP) is 1.93. The molecule has 0 atom stereocenters. The summed E-state index contributed by atoms with van der Waals surface area (Å²) in [7, 11) is 0. The zero-order chi connectivity index (χ0) is 15.4. The molecule has 2 amide bonds. The second kappa shape index (κ2) is 6.89. The van der Waals surface area contributed by atoms with Gasteiger partial charge in [0, 0.05) is 12.1 Å². The molecule has 4 N–H and O–H groups in total. The molecule has 1 heterocycles. The lowest BCUT2D eigenvalue weighted by molar-refractivity contribution is 0.0931. The third kappa shape index (κ3) is 3.93. The molecule has 1 saturated carbocycles. The molecule has 0 aliphatic heterocycles. The summed E-state index contributed by atoms with van der Waals surface area (Å²) in [5, 5.41) is 5.72. The Morgan fingerprint density at radius 2 is 1.90 bits per heavy atom. The Kier molecular flexibility index (Phi) is 5.17. The average molecular weight is 310 g/mol. The predicted molar refractivity (Wildman–Crippen MR) is 83.5 cm³/mol. The van der Waals surface area contributed by atoms with E-state index in [-0.39, 0.29) is 35.3 Å². The van der Waals surface area contributed by atoms with Gasteiger partial charge in [0.2, 0.25) is 0 Å². The molecule has 1 aliphatic carbocycles. The number of hydrogen-bond acceptors (Lipinski definition) is 5. The molecule has 116 valence electrons. The standard InChI is InChI=1S/C14H22N4O2S/c1-8(2)16-13(19)11-10(15)12(21-18-11)14(20)17-9-6-4-3-5-7-9/h8-9H,3-7,15H2,1-2H3,(H,16,19)(H,17,20). The highest BCUT2D eigenvalue weighted by atomic mass is 32.1. The van der Waals surface area contributed by atoms with Gasteiger partial charge in [-0.25, -0.2) is 0 Å². The summed E-state index contributed by atoms with van der Waals surface area (Å²) in [5.41, 5.74) is 6.23. The van der Waals surface area contributed by atoms with E-state index in [2.05, 4.69) is 15.0 Å². The molecule has 21 heavy (non-hydrogen) atoms. The van der Waals surface area contributed by atoms with Crippen LogP contribution in [0.4, 0.5) is 5.69 Å². The summed E-state index contributed by atoms with van der Waals surface area (Å²) in [4.78, 5) is 24.5. The monoisotopic (exact) mass is 310 g/mol. The van der Waals surface area contributed by atoms with Crippen LogP contribution in [0.15, 0.2) is 0 Å². The largest absolute Gasteiger partial charge is 0.395 e. The number of nitrogens with one attached hydrogen (secondary N) is 2. The molecule has 1 fully saturated rings. The molecule has 1 aliphatic rings.